The van der Waals surface area contributed by atoms with E-state index < -0.39 is 0 Å². The average Bonchev–Trinajstić information content (AvgIpc) is 4.08. The smallest absolute Gasteiger partial charge is 0.166 e. The molecule has 4 heterocycles. The van der Waals surface area contributed by atoms with Gasteiger partial charge in [-0.25, -0.2) is 15.0 Å². The van der Waals surface area contributed by atoms with Gasteiger partial charge in [-0.2, -0.15) is 0 Å². The Morgan fingerprint density at radius 1 is 0.355 bits per heavy atom. The molecule has 1 aliphatic carbocycles. The maximum atomic E-state index is 6.61. The number of aromatic nitrogens is 4. The van der Waals surface area contributed by atoms with Gasteiger partial charge >= 0.3 is 0 Å². The van der Waals surface area contributed by atoms with Crippen LogP contribution in [-0.4, -0.2) is 19.5 Å². The molecule has 0 saturated carbocycles. The summed E-state index contributed by atoms with van der Waals surface area (Å²) < 4.78 is 15.4. The van der Waals surface area contributed by atoms with Gasteiger partial charge in [-0.1, -0.05) is 121 Å². The number of hydrogen-bond acceptors (Lipinski definition) is 5. The van der Waals surface area contributed by atoms with E-state index in [1.54, 1.807) is 0 Å². The first kappa shape index (κ1) is 33.5. The fourth-order valence-electron chi connectivity index (χ4n) is 9.94. The summed E-state index contributed by atoms with van der Waals surface area (Å²) in [6.45, 7) is 0. The zero-order valence-corrected chi connectivity index (χ0v) is 33.1. The van der Waals surface area contributed by atoms with Gasteiger partial charge in [0.15, 0.2) is 17.5 Å². The Labute approximate surface area is 354 Å². The number of benzene rings is 9. The Kier molecular flexibility index (Phi) is 6.79. The number of para-hydroxylation sites is 3. The number of fused-ring (bicyclic) bond motifs is 13. The molecule has 0 bridgehead atoms. The molecule has 13 aromatic rings. The van der Waals surface area contributed by atoms with Crippen LogP contribution in [0, 0.1) is 0 Å². The van der Waals surface area contributed by atoms with E-state index in [0.717, 1.165) is 83.7 Å². The standard InChI is InChI=1S/C56H32N4O2/c1-2-12-33-28-48-44(27-32(33)11-1)40-15-5-8-18-47(40)60(48)49-30-45-42-17-7-10-20-51(42)62-53(45)31-46(49)56-58-54(35-21-23-39-37(26-35)25-34-13-3-4-14-38(34)39)57-55(59-56)36-22-24-43-41-16-6-9-19-50(41)61-52(43)29-36/h1-24,26-31H,25H2. The summed E-state index contributed by atoms with van der Waals surface area (Å²) in [7, 11) is 0. The van der Waals surface area contributed by atoms with Crippen LogP contribution in [0.5, 0.6) is 0 Å². The van der Waals surface area contributed by atoms with Crippen molar-refractivity contribution >= 4 is 76.5 Å². The van der Waals surface area contributed by atoms with Crippen LogP contribution in [0.25, 0.3) is 127 Å². The topological polar surface area (TPSA) is 69.9 Å². The number of hydrogen-bond donors (Lipinski definition) is 0. The Morgan fingerprint density at radius 2 is 0.952 bits per heavy atom. The van der Waals surface area contributed by atoms with Crippen molar-refractivity contribution in [2.75, 3.05) is 0 Å². The lowest BCUT2D eigenvalue weighted by molar-refractivity contribution is 0.668. The van der Waals surface area contributed by atoms with Gasteiger partial charge in [0.1, 0.15) is 22.3 Å². The lowest BCUT2D eigenvalue weighted by Crippen LogP contribution is -2.04. The Bertz CT molecular complexity index is 4040. The third kappa shape index (κ3) is 4.89. The molecule has 0 saturated heterocycles. The summed E-state index contributed by atoms with van der Waals surface area (Å²) in [6, 6.07) is 64.1. The third-order valence-corrected chi connectivity index (χ3v) is 12.8. The number of furan rings is 2. The zero-order chi connectivity index (χ0) is 40.5. The second-order valence-corrected chi connectivity index (χ2v) is 16.4. The molecule has 0 atom stereocenters. The highest BCUT2D eigenvalue weighted by molar-refractivity contribution is 6.15. The lowest BCUT2D eigenvalue weighted by atomic mass is 10.0. The van der Waals surface area contributed by atoms with E-state index >= 15 is 0 Å². The summed E-state index contributed by atoms with van der Waals surface area (Å²) in [5.41, 5.74) is 14.1. The van der Waals surface area contributed by atoms with Crippen molar-refractivity contribution in [3.63, 3.8) is 0 Å². The van der Waals surface area contributed by atoms with Crippen LogP contribution < -0.4 is 0 Å². The van der Waals surface area contributed by atoms with E-state index in [1.807, 2.05) is 30.3 Å². The van der Waals surface area contributed by atoms with Gasteiger partial charge in [0.2, 0.25) is 0 Å². The molecule has 0 spiro atoms. The van der Waals surface area contributed by atoms with E-state index in [9.17, 15) is 0 Å². The van der Waals surface area contributed by atoms with Gasteiger partial charge in [-0.3, -0.25) is 0 Å². The first-order chi connectivity index (χ1) is 30.7. The molecule has 0 amide bonds. The van der Waals surface area contributed by atoms with Crippen molar-refractivity contribution in [2.24, 2.45) is 0 Å². The van der Waals surface area contributed by atoms with Crippen molar-refractivity contribution in [3.05, 3.63) is 193 Å². The van der Waals surface area contributed by atoms with Crippen LogP contribution in [-0.2, 0) is 6.42 Å². The predicted octanol–water partition coefficient (Wildman–Crippen LogP) is 14.5. The van der Waals surface area contributed by atoms with E-state index in [2.05, 4.69) is 156 Å². The quantitative estimate of drug-likeness (QED) is 0.177. The molecule has 0 aliphatic heterocycles. The normalized spacial score (nSPS) is 12.5. The summed E-state index contributed by atoms with van der Waals surface area (Å²) >= 11 is 0. The maximum Gasteiger partial charge on any atom is 0.166 e. The Balaban J connectivity index is 1.07. The molecule has 1 aliphatic rings. The first-order valence-corrected chi connectivity index (χ1v) is 21.0. The summed E-state index contributed by atoms with van der Waals surface area (Å²) in [4.78, 5) is 16.1. The monoisotopic (exact) mass is 792 g/mol. The highest BCUT2D eigenvalue weighted by Crippen LogP contribution is 2.43. The zero-order valence-electron chi connectivity index (χ0n) is 33.1. The molecule has 0 radical (unpaired) electrons. The molecule has 6 nitrogen and oxygen atoms in total. The minimum absolute atomic E-state index is 0.544. The molecular weight excluding hydrogens is 761 g/mol. The van der Waals surface area contributed by atoms with Crippen LogP contribution >= 0.6 is 0 Å². The van der Waals surface area contributed by atoms with Gasteiger partial charge in [-0.05, 0) is 100 Å². The van der Waals surface area contributed by atoms with Gasteiger partial charge in [0, 0.05) is 49.0 Å². The fraction of sp³-hybridized carbons (Fsp3) is 0.0179. The molecular formula is C56H32N4O2. The molecule has 288 valence electrons. The average molecular weight is 793 g/mol. The molecule has 14 rings (SSSR count). The molecule has 62 heavy (non-hydrogen) atoms. The maximum absolute atomic E-state index is 6.61. The molecule has 0 unspecified atom stereocenters. The molecule has 6 heteroatoms. The van der Waals surface area contributed by atoms with E-state index in [0.29, 0.717) is 17.5 Å². The second-order valence-electron chi connectivity index (χ2n) is 16.4. The molecule has 0 N–H and O–H groups in total. The summed E-state index contributed by atoms with van der Waals surface area (Å²) in [6.07, 6.45) is 0.863. The van der Waals surface area contributed by atoms with E-state index in [1.165, 1.54) is 43.8 Å². The number of rotatable bonds is 4. The summed E-state index contributed by atoms with van der Waals surface area (Å²) in [5, 5.41) is 8.92. The highest BCUT2D eigenvalue weighted by atomic mass is 16.3. The molecule has 4 aromatic heterocycles. The van der Waals surface area contributed by atoms with E-state index in [4.69, 9.17) is 23.8 Å². The van der Waals surface area contributed by atoms with Crippen LogP contribution in [0.2, 0.25) is 0 Å². The highest BCUT2D eigenvalue weighted by Gasteiger charge is 2.24. The largest absolute Gasteiger partial charge is 0.456 e. The van der Waals surface area contributed by atoms with Crippen molar-refractivity contribution < 1.29 is 8.83 Å². The van der Waals surface area contributed by atoms with Crippen LogP contribution in [0.3, 0.4) is 0 Å². The number of nitrogens with zero attached hydrogens (tertiary/aromatic N) is 4. The van der Waals surface area contributed by atoms with Crippen molar-refractivity contribution in [3.8, 4) is 51.0 Å². The van der Waals surface area contributed by atoms with Crippen LogP contribution in [0.1, 0.15) is 11.1 Å². The van der Waals surface area contributed by atoms with Crippen molar-refractivity contribution in [1.29, 1.82) is 0 Å². The third-order valence-electron chi connectivity index (χ3n) is 12.8. The van der Waals surface area contributed by atoms with Gasteiger partial charge in [-0.15, -0.1) is 0 Å². The minimum Gasteiger partial charge on any atom is -0.456 e. The Morgan fingerprint density at radius 3 is 1.77 bits per heavy atom. The van der Waals surface area contributed by atoms with Crippen molar-refractivity contribution in [2.45, 2.75) is 6.42 Å². The SMILES string of the molecule is c1ccc2c(c1)Cc1cc(-c3nc(-c4ccc5c(c4)oc4ccccc45)nc(-c4cc5oc6ccccc6c5cc4-n4c5ccccc5c5cc6ccccc6cc54)n3)ccc1-2. The Hall–Kier alpha value is -8.35. The van der Waals surface area contributed by atoms with Crippen LogP contribution in [0.4, 0.5) is 0 Å². The van der Waals surface area contributed by atoms with Crippen LogP contribution in [0.15, 0.2) is 191 Å². The van der Waals surface area contributed by atoms with E-state index in [-0.39, 0.29) is 0 Å². The lowest BCUT2D eigenvalue weighted by Gasteiger charge is -2.15. The van der Waals surface area contributed by atoms with Gasteiger partial charge < -0.3 is 13.4 Å². The molecule has 0 fully saturated rings. The second kappa shape index (κ2) is 12.6. The first-order valence-electron chi connectivity index (χ1n) is 21.0. The van der Waals surface area contributed by atoms with Crippen molar-refractivity contribution in [1.82, 2.24) is 19.5 Å². The van der Waals surface area contributed by atoms with Gasteiger partial charge in [0.05, 0.1) is 16.7 Å². The summed E-state index contributed by atoms with van der Waals surface area (Å²) in [5.74, 6) is 1.69. The molecule has 9 aromatic carbocycles. The predicted molar refractivity (Wildman–Crippen MR) is 251 cm³/mol. The van der Waals surface area contributed by atoms with Gasteiger partial charge in [0.25, 0.3) is 0 Å². The minimum atomic E-state index is 0.544. The fourth-order valence-corrected chi connectivity index (χ4v) is 9.94.